The molecule has 4 rings (SSSR count). The molecule has 4 aromatic rings. The van der Waals surface area contributed by atoms with Crippen molar-refractivity contribution in [1.29, 1.82) is 0 Å². The summed E-state index contributed by atoms with van der Waals surface area (Å²) in [6, 6.07) is 11.5. The maximum absolute atomic E-state index is 14.7. The molecule has 2 heterocycles. The van der Waals surface area contributed by atoms with Crippen LogP contribution >= 0.6 is 0 Å². The molecule has 0 saturated carbocycles. The summed E-state index contributed by atoms with van der Waals surface area (Å²) in [6.07, 6.45) is 6.16. The lowest BCUT2D eigenvalue weighted by molar-refractivity contribution is -0.111. The molecule has 0 atom stereocenters. The average molecular weight is 459 g/mol. The predicted octanol–water partition coefficient (Wildman–Crippen LogP) is 4.64. The van der Waals surface area contributed by atoms with Crippen molar-refractivity contribution in [2.75, 3.05) is 23.1 Å². The number of anilines is 5. The number of carbonyl (C=O) groups is 1. The number of aryl methyl sites for hydroxylation is 1. The molecule has 10 heteroatoms. The fraction of sp³-hybridized carbons (Fsp3) is 0.0833. The van der Waals surface area contributed by atoms with Crippen LogP contribution < -0.4 is 20.7 Å². The van der Waals surface area contributed by atoms with E-state index in [2.05, 4.69) is 37.6 Å². The Labute approximate surface area is 195 Å². The van der Waals surface area contributed by atoms with Gasteiger partial charge in [-0.25, -0.2) is 9.37 Å². The van der Waals surface area contributed by atoms with E-state index >= 15 is 0 Å². The third-order valence-electron chi connectivity index (χ3n) is 4.82. The van der Waals surface area contributed by atoms with Crippen LogP contribution in [0.5, 0.6) is 5.75 Å². The van der Waals surface area contributed by atoms with E-state index in [1.165, 1.54) is 18.2 Å². The minimum absolute atomic E-state index is 0.115. The minimum atomic E-state index is -0.525. The molecule has 0 spiro atoms. The fourth-order valence-electron chi connectivity index (χ4n) is 3.24. The number of methoxy groups -OCH3 is 1. The number of para-hydroxylation sites is 1. The maximum atomic E-state index is 14.7. The van der Waals surface area contributed by atoms with E-state index in [0.717, 1.165) is 11.6 Å². The van der Waals surface area contributed by atoms with Crippen LogP contribution in [0.4, 0.5) is 33.2 Å². The van der Waals surface area contributed by atoms with E-state index in [1.54, 1.807) is 37.4 Å². The summed E-state index contributed by atoms with van der Waals surface area (Å²) in [6.45, 7) is 3.43. The first-order valence-corrected chi connectivity index (χ1v) is 10.2. The van der Waals surface area contributed by atoms with Gasteiger partial charge in [0.2, 0.25) is 11.9 Å². The van der Waals surface area contributed by atoms with Crippen LogP contribution in [-0.2, 0) is 11.8 Å². The summed E-state index contributed by atoms with van der Waals surface area (Å²) in [5.41, 5.74) is 2.52. The molecule has 3 N–H and O–H groups in total. The van der Waals surface area contributed by atoms with E-state index in [9.17, 15) is 9.18 Å². The number of ether oxygens (including phenoxy) is 1. The van der Waals surface area contributed by atoms with Crippen LogP contribution in [0.25, 0.3) is 11.1 Å². The topological polar surface area (TPSA) is 106 Å². The predicted molar refractivity (Wildman–Crippen MR) is 129 cm³/mol. The van der Waals surface area contributed by atoms with Crippen molar-refractivity contribution in [1.82, 2.24) is 19.7 Å². The van der Waals surface area contributed by atoms with Gasteiger partial charge in [0.15, 0.2) is 0 Å². The number of halogens is 1. The second-order valence-electron chi connectivity index (χ2n) is 7.20. The lowest BCUT2D eigenvalue weighted by atomic mass is 10.1. The molecule has 34 heavy (non-hydrogen) atoms. The van der Waals surface area contributed by atoms with Crippen LogP contribution in [-0.4, -0.2) is 32.8 Å². The normalized spacial score (nSPS) is 10.4. The summed E-state index contributed by atoms with van der Waals surface area (Å²) in [4.78, 5) is 20.7. The molecule has 0 radical (unpaired) electrons. The molecule has 0 saturated heterocycles. The van der Waals surface area contributed by atoms with Crippen LogP contribution in [0.1, 0.15) is 0 Å². The number of aromatic nitrogens is 4. The molecule has 2 aromatic heterocycles. The van der Waals surface area contributed by atoms with Crippen molar-refractivity contribution in [2.24, 2.45) is 7.05 Å². The smallest absolute Gasteiger partial charge is 0.247 e. The van der Waals surface area contributed by atoms with Crippen molar-refractivity contribution in [3.63, 3.8) is 0 Å². The van der Waals surface area contributed by atoms with Gasteiger partial charge in [0, 0.05) is 36.3 Å². The Bertz CT molecular complexity index is 1350. The standard InChI is InChI=1S/C24H22FN7O2/c1-4-22(33)28-15-9-10-19(25)20(11-15)30-23-18(17-7-5-6-8-21(17)34-3)13-26-24(31-23)29-16-12-27-32(2)14-16/h4-14H,1H2,2-3H3,(H,28,33)(H2,26,29,30,31). The van der Waals surface area contributed by atoms with E-state index in [4.69, 9.17) is 4.74 Å². The zero-order chi connectivity index (χ0) is 24.1. The Morgan fingerprint density at radius 1 is 1.12 bits per heavy atom. The number of nitrogens with zero attached hydrogens (tertiary/aromatic N) is 4. The van der Waals surface area contributed by atoms with E-state index < -0.39 is 11.7 Å². The number of rotatable bonds is 8. The van der Waals surface area contributed by atoms with Gasteiger partial charge in [-0.2, -0.15) is 10.1 Å². The van der Waals surface area contributed by atoms with Crippen molar-refractivity contribution >= 4 is 34.7 Å². The summed E-state index contributed by atoms with van der Waals surface area (Å²) in [5, 5.41) is 12.8. The van der Waals surface area contributed by atoms with Gasteiger partial charge in [0.1, 0.15) is 17.4 Å². The van der Waals surface area contributed by atoms with Crippen molar-refractivity contribution in [2.45, 2.75) is 0 Å². The summed E-state index contributed by atoms with van der Waals surface area (Å²) >= 11 is 0. The highest BCUT2D eigenvalue weighted by atomic mass is 19.1. The van der Waals surface area contributed by atoms with Gasteiger partial charge in [-0.1, -0.05) is 24.8 Å². The van der Waals surface area contributed by atoms with E-state index in [1.807, 2.05) is 24.3 Å². The Balaban J connectivity index is 1.76. The fourth-order valence-corrected chi connectivity index (χ4v) is 3.24. The molecule has 172 valence electrons. The van der Waals surface area contributed by atoms with Gasteiger partial charge >= 0.3 is 0 Å². The second kappa shape index (κ2) is 9.82. The molecule has 0 aliphatic carbocycles. The van der Waals surface area contributed by atoms with Gasteiger partial charge in [0.25, 0.3) is 0 Å². The SMILES string of the molecule is C=CC(=O)Nc1ccc(F)c(Nc2nc(Nc3cnn(C)c3)ncc2-c2ccccc2OC)c1. The van der Waals surface area contributed by atoms with Crippen LogP contribution in [0.3, 0.4) is 0 Å². The van der Waals surface area contributed by atoms with E-state index in [0.29, 0.717) is 28.5 Å². The highest BCUT2D eigenvalue weighted by Crippen LogP contribution is 2.36. The molecule has 9 nitrogen and oxygen atoms in total. The van der Waals surface area contributed by atoms with Gasteiger partial charge in [-0.3, -0.25) is 9.48 Å². The van der Waals surface area contributed by atoms with Gasteiger partial charge < -0.3 is 20.7 Å². The van der Waals surface area contributed by atoms with Gasteiger partial charge in [-0.05, 0) is 30.3 Å². The summed E-state index contributed by atoms with van der Waals surface area (Å²) < 4.78 is 21.8. The third-order valence-corrected chi connectivity index (χ3v) is 4.82. The maximum Gasteiger partial charge on any atom is 0.247 e. The van der Waals surface area contributed by atoms with Gasteiger partial charge in [0.05, 0.1) is 24.7 Å². The highest BCUT2D eigenvalue weighted by Gasteiger charge is 2.16. The largest absolute Gasteiger partial charge is 0.496 e. The first kappa shape index (κ1) is 22.5. The summed E-state index contributed by atoms with van der Waals surface area (Å²) in [7, 11) is 3.36. The number of carbonyl (C=O) groups excluding carboxylic acids is 1. The Hall–Kier alpha value is -4.73. The Morgan fingerprint density at radius 2 is 1.94 bits per heavy atom. The molecular formula is C24H22FN7O2. The number of hydrogen-bond acceptors (Lipinski definition) is 7. The molecule has 0 unspecified atom stereocenters. The number of hydrogen-bond donors (Lipinski definition) is 3. The molecule has 0 bridgehead atoms. The number of benzene rings is 2. The lowest BCUT2D eigenvalue weighted by Crippen LogP contribution is -2.08. The van der Waals surface area contributed by atoms with Crippen molar-refractivity contribution < 1.29 is 13.9 Å². The summed E-state index contributed by atoms with van der Waals surface area (Å²) in [5.74, 6) is 0.289. The third kappa shape index (κ3) is 5.01. The second-order valence-corrected chi connectivity index (χ2v) is 7.20. The van der Waals surface area contributed by atoms with Crippen LogP contribution in [0.15, 0.2) is 73.7 Å². The van der Waals surface area contributed by atoms with Crippen molar-refractivity contribution in [3.8, 4) is 16.9 Å². The molecule has 0 aliphatic rings. The zero-order valence-corrected chi connectivity index (χ0v) is 18.5. The molecule has 0 fully saturated rings. The quantitative estimate of drug-likeness (QED) is 0.330. The van der Waals surface area contributed by atoms with Crippen molar-refractivity contribution in [3.05, 3.63) is 79.5 Å². The average Bonchev–Trinajstić information content (AvgIpc) is 3.25. The number of nitrogens with one attached hydrogen (secondary N) is 3. The Kier molecular flexibility index (Phi) is 6.49. The number of amides is 1. The van der Waals surface area contributed by atoms with Crippen LogP contribution in [0, 0.1) is 5.82 Å². The highest BCUT2D eigenvalue weighted by molar-refractivity contribution is 5.99. The molecule has 2 aromatic carbocycles. The van der Waals surface area contributed by atoms with E-state index in [-0.39, 0.29) is 11.6 Å². The lowest BCUT2D eigenvalue weighted by Gasteiger charge is -2.16. The first-order chi connectivity index (χ1) is 16.5. The zero-order valence-electron chi connectivity index (χ0n) is 18.5. The van der Waals surface area contributed by atoms with Gasteiger partial charge in [-0.15, -0.1) is 0 Å². The first-order valence-electron chi connectivity index (χ1n) is 10.2. The molecule has 1 amide bonds. The Morgan fingerprint density at radius 3 is 2.68 bits per heavy atom. The van der Waals surface area contributed by atoms with Crippen LogP contribution in [0.2, 0.25) is 0 Å². The monoisotopic (exact) mass is 459 g/mol. The minimum Gasteiger partial charge on any atom is -0.496 e. The molecular weight excluding hydrogens is 437 g/mol. The molecule has 0 aliphatic heterocycles.